The van der Waals surface area contributed by atoms with Gasteiger partial charge in [0.1, 0.15) is 5.75 Å². The summed E-state index contributed by atoms with van der Waals surface area (Å²) in [4.78, 5) is 31.4. The molecule has 0 saturated heterocycles. The third-order valence-corrected chi connectivity index (χ3v) is 9.37. The lowest BCUT2D eigenvalue weighted by Crippen LogP contribution is -2.25. The molecule has 1 heterocycles. The summed E-state index contributed by atoms with van der Waals surface area (Å²) in [5.74, 6) is 0.295. The van der Waals surface area contributed by atoms with Crippen LogP contribution in [0.25, 0.3) is 5.57 Å². The zero-order valence-electron chi connectivity index (χ0n) is 30.8. The molecule has 2 unspecified atom stereocenters. The van der Waals surface area contributed by atoms with Crippen LogP contribution in [0.1, 0.15) is 100 Å². The van der Waals surface area contributed by atoms with Crippen molar-refractivity contribution in [3.05, 3.63) is 113 Å². The van der Waals surface area contributed by atoms with E-state index in [0.29, 0.717) is 55.4 Å². The Morgan fingerprint density at radius 3 is 2.50 bits per heavy atom. The molecule has 278 valence electrons. The van der Waals surface area contributed by atoms with Gasteiger partial charge in [-0.2, -0.15) is 0 Å². The molecule has 0 radical (unpaired) electrons. The van der Waals surface area contributed by atoms with Crippen LogP contribution in [0.3, 0.4) is 0 Å². The predicted molar refractivity (Wildman–Crippen MR) is 206 cm³/mol. The van der Waals surface area contributed by atoms with Crippen molar-refractivity contribution < 1.29 is 34.0 Å². The molecule has 0 bridgehead atoms. The number of fused-ring (bicyclic) bond motifs is 1. The number of aliphatic hydroxyl groups is 3. The fourth-order valence-electron chi connectivity index (χ4n) is 6.52. The van der Waals surface area contributed by atoms with Crippen LogP contribution in [0, 0.1) is 12.8 Å². The maximum Gasteiger partial charge on any atom is 0.235 e. The van der Waals surface area contributed by atoms with Crippen molar-refractivity contribution in [3.8, 4) is 5.75 Å². The second-order valence-corrected chi connectivity index (χ2v) is 13.5. The Morgan fingerprint density at radius 1 is 1.04 bits per heavy atom. The number of carbonyl (C=O) groups is 2. The number of rotatable bonds is 20. The highest BCUT2D eigenvalue weighted by atomic mass is 19.1. The molecule has 4 rings (SSSR count). The largest absolute Gasteiger partial charge is 0.461 e. The standard InChI is InChI=1S/C43H53FN2O6/c1-5-11-32(43(51)28(2)17-24-41(50)40(49)16-10-25-47)12-9-15-39(48)35-23-20-33(26-29(35)3)46-38-14-8-6-7-13-36-37(27-45-42(36)38)31-18-21-34(22-19-31)52-30(4)44/h6-7,13-14,17-23,26-27,30,32,40-41,46-47,49-50H,5,8-12,15-16,24-25H2,1-4H3/b7-6-,28-17-,36-13-,38-14-/t30?,32?,40-,41-/m0/s1. The molecule has 4 atom stereocenters. The lowest BCUT2D eigenvalue weighted by atomic mass is 9.88. The van der Waals surface area contributed by atoms with Crippen LogP contribution in [-0.2, 0) is 4.79 Å². The summed E-state index contributed by atoms with van der Waals surface area (Å²) in [6.07, 6.45) is 13.0. The predicted octanol–water partition coefficient (Wildman–Crippen LogP) is 8.54. The van der Waals surface area contributed by atoms with E-state index in [1.54, 1.807) is 25.1 Å². The van der Waals surface area contributed by atoms with Crippen molar-refractivity contribution >= 4 is 28.5 Å². The number of nitrogens with one attached hydrogen (secondary N) is 1. The van der Waals surface area contributed by atoms with Gasteiger partial charge in [-0.1, -0.05) is 55.9 Å². The zero-order chi connectivity index (χ0) is 37.6. The van der Waals surface area contributed by atoms with Crippen LogP contribution in [0.15, 0.2) is 101 Å². The molecule has 2 aromatic rings. The molecule has 2 aliphatic rings. The number of allylic oxidation sites excluding steroid dienone is 7. The summed E-state index contributed by atoms with van der Waals surface area (Å²) in [7, 11) is 0. The summed E-state index contributed by atoms with van der Waals surface area (Å²) in [5.41, 5.74) is 7.41. The van der Waals surface area contributed by atoms with E-state index in [1.807, 2.05) is 62.5 Å². The number of carbonyl (C=O) groups excluding carboxylic acids is 2. The number of halogens is 1. The fourth-order valence-corrected chi connectivity index (χ4v) is 6.52. The molecule has 0 fully saturated rings. The van der Waals surface area contributed by atoms with E-state index in [0.717, 1.165) is 52.2 Å². The van der Waals surface area contributed by atoms with Crippen LogP contribution in [0.5, 0.6) is 5.75 Å². The number of anilines is 1. The number of aliphatic imine (C=N–C) groups is 1. The zero-order valence-corrected chi connectivity index (χ0v) is 30.8. The van der Waals surface area contributed by atoms with Crippen LogP contribution in [-0.4, -0.2) is 57.8 Å². The van der Waals surface area contributed by atoms with Gasteiger partial charge in [0.2, 0.25) is 6.36 Å². The second-order valence-electron chi connectivity index (χ2n) is 13.5. The van der Waals surface area contributed by atoms with Gasteiger partial charge in [0.05, 0.1) is 23.6 Å². The average molecular weight is 713 g/mol. The summed E-state index contributed by atoms with van der Waals surface area (Å²) >= 11 is 0. The lowest BCUT2D eigenvalue weighted by molar-refractivity contribution is -0.119. The van der Waals surface area contributed by atoms with Gasteiger partial charge in [-0.05, 0) is 106 Å². The molecule has 0 saturated carbocycles. The van der Waals surface area contributed by atoms with Crippen molar-refractivity contribution in [2.24, 2.45) is 10.9 Å². The molecule has 0 aromatic heterocycles. The number of Topliss-reactive ketones (excluding diaryl/α,β-unsaturated/α-hetero) is 2. The van der Waals surface area contributed by atoms with Gasteiger partial charge in [0.15, 0.2) is 11.6 Å². The first kappa shape index (κ1) is 40.3. The SMILES string of the molecule is CCCC(CCCC(=O)c1ccc(N/C2=C\C/C=C\C=C3\C(c4ccc(OC(C)F)cc4)=CN=C23)cc1C)C(=O)/C(C)=C\C[C@H](O)[C@@H](O)CCCO. The molecule has 4 N–H and O–H groups in total. The highest BCUT2D eigenvalue weighted by Crippen LogP contribution is 2.34. The Kier molecular flexibility index (Phi) is 15.5. The van der Waals surface area contributed by atoms with Gasteiger partial charge in [0, 0.05) is 54.5 Å². The van der Waals surface area contributed by atoms with E-state index < -0.39 is 18.6 Å². The number of nitrogens with zero attached hydrogens (tertiary/aromatic N) is 1. The minimum Gasteiger partial charge on any atom is -0.461 e. The van der Waals surface area contributed by atoms with Crippen molar-refractivity contribution in [3.63, 3.8) is 0 Å². The normalized spacial score (nSPS) is 19.3. The number of alkyl halides is 1. The van der Waals surface area contributed by atoms with Crippen molar-refractivity contribution in [2.45, 2.75) is 104 Å². The summed E-state index contributed by atoms with van der Waals surface area (Å²) in [6.45, 7) is 6.99. The van der Waals surface area contributed by atoms with Gasteiger partial charge in [-0.3, -0.25) is 14.6 Å². The third kappa shape index (κ3) is 11.3. The molecule has 0 amide bonds. The molecule has 9 heteroatoms. The number of hydrogen-bond donors (Lipinski definition) is 4. The molecule has 2 aromatic carbocycles. The number of ketones is 2. The Hall–Kier alpha value is -4.44. The van der Waals surface area contributed by atoms with Crippen LogP contribution in [0.4, 0.5) is 10.1 Å². The second kappa shape index (κ2) is 20.0. The Morgan fingerprint density at radius 2 is 1.81 bits per heavy atom. The van der Waals surface area contributed by atoms with Gasteiger partial charge in [0.25, 0.3) is 0 Å². The van der Waals surface area contributed by atoms with E-state index in [9.17, 15) is 24.2 Å². The average Bonchev–Trinajstić information content (AvgIpc) is 3.53. The van der Waals surface area contributed by atoms with Crippen LogP contribution < -0.4 is 10.1 Å². The number of ether oxygens (including phenoxy) is 1. The maximum atomic E-state index is 13.3. The van der Waals surface area contributed by atoms with Gasteiger partial charge >= 0.3 is 0 Å². The Labute approximate surface area is 307 Å². The van der Waals surface area contributed by atoms with E-state index in [4.69, 9.17) is 14.8 Å². The monoisotopic (exact) mass is 712 g/mol. The molecule has 52 heavy (non-hydrogen) atoms. The van der Waals surface area contributed by atoms with E-state index in [2.05, 4.69) is 17.5 Å². The molecular weight excluding hydrogens is 659 g/mol. The smallest absolute Gasteiger partial charge is 0.235 e. The fraction of sp³-hybridized carbons (Fsp3) is 0.419. The van der Waals surface area contributed by atoms with Crippen LogP contribution >= 0.6 is 0 Å². The first-order valence-electron chi connectivity index (χ1n) is 18.4. The Bertz CT molecular complexity index is 1730. The molecular formula is C43H53FN2O6. The van der Waals surface area contributed by atoms with E-state index in [1.165, 1.54) is 6.92 Å². The topological polar surface area (TPSA) is 128 Å². The number of hydrogen-bond acceptors (Lipinski definition) is 8. The van der Waals surface area contributed by atoms with Gasteiger partial charge < -0.3 is 25.4 Å². The quantitative estimate of drug-likeness (QED) is 0.0800. The first-order valence-corrected chi connectivity index (χ1v) is 18.4. The highest BCUT2D eigenvalue weighted by Gasteiger charge is 2.24. The first-order chi connectivity index (χ1) is 25.0. The van der Waals surface area contributed by atoms with Crippen molar-refractivity contribution in [1.82, 2.24) is 0 Å². The Balaban J connectivity index is 1.35. The molecule has 0 spiro atoms. The summed E-state index contributed by atoms with van der Waals surface area (Å²) in [5, 5.41) is 32.8. The number of benzene rings is 2. The number of aryl methyl sites for hydroxylation is 1. The molecule has 1 aliphatic carbocycles. The van der Waals surface area contributed by atoms with Gasteiger partial charge in [-0.25, -0.2) is 4.39 Å². The maximum absolute atomic E-state index is 13.3. The van der Waals surface area contributed by atoms with E-state index in [-0.39, 0.29) is 30.5 Å². The highest BCUT2D eigenvalue weighted by molar-refractivity contribution is 6.25. The summed E-state index contributed by atoms with van der Waals surface area (Å²) < 4.78 is 18.5. The summed E-state index contributed by atoms with van der Waals surface area (Å²) in [6, 6.07) is 13.0. The molecule has 1 aliphatic heterocycles. The van der Waals surface area contributed by atoms with E-state index >= 15 is 0 Å². The minimum absolute atomic E-state index is 0.0138. The van der Waals surface area contributed by atoms with Gasteiger partial charge in [-0.15, -0.1) is 0 Å². The van der Waals surface area contributed by atoms with Crippen LogP contribution in [0.2, 0.25) is 0 Å². The minimum atomic E-state index is -1.39. The lowest BCUT2D eigenvalue weighted by Gasteiger charge is -2.18. The third-order valence-electron chi connectivity index (χ3n) is 9.37. The molecule has 8 nitrogen and oxygen atoms in total. The van der Waals surface area contributed by atoms with Crippen molar-refractivity contribution in [1.29, 1.82) is 0 Å². The number of aliphatic hydroxyl groups excluding tert-OH is 3. The van der Waals surface area contributed by atoms with Crippen molar-refractivity contribution in [2.75, 3.05) is 11.9 Å².